The number of alkyl halides is 3. The number of hydrogen-bond donors (Lipinski definition) is 1. The summed E-state index contributed by atoms with van der Waals surface area (Å²) in [6.45, 7) is 1.25. The Labute approximate surface area is 87.8 Å². The molecular formula is C8H9F3N2O3. The zero-order valence-corrected chi connectivity index (χ0v) is 8.46. The summed E-state index contributed by atoms with van der Waals surface area (Å²) in [6, 6.07) is -0.743. The van der Waals surface area contributed by atoms with E-state index in [0.29, 0.717) is 10.7 Å². The lowest BCUT2D eigenvalue weighted by Crippen LogP contribution is -2.27. The third-order valence-electron chi connectivity index (χ3n) is 1.98. The van der Waals surface area contributed by atoms with Crippen molar-refractivity contribution in [3.05, 3.63) is 22.1 Å². The maximum atomic E-state index is 12.2. The Balaban J connectivity index is 3.13. The number of aromatic amines is 1. The molecule has 1 N–H and O–H groups in total. The van der Waals surface area contributed by atoms with Crippen LogP contribution in [0.25, 0.3) is 0 Å². The second-order valence-electron chi connectivity index (χ2n) is 3.07. The molecule has 0 aliphatic rings. The van der Waals surface area contributed by atoms with Crippen molar-refractivity contribution >= 4 is 5.97 Å². The van der Waals surface area contributed by atoms with Gasteiger partial charge in [-0.15, -0.1) is 0 Å². The first kappa shape index (κ1) is 12.3. The van der Waals surface area contributed by atoms with Gasteiger partial charge in [0.1, 0.15) is 11.7 Å². The lowest BCUT2D eigenvalue weighted by molar-refractivity contribution is -0.146. The van der Waals surface area contributed by atoms with Crippen molar-refractivity contribution in [1.82, 2.24) is 9.78 Å². The van der Waals surface area contributed by atoms with Crippen LogP contribution in [-0.4, -0.2) is 22.9 Å². The van der Waals surface area contributed by atoms with Crippen LogP contribution in [0.4, 0.5) is 13.2 Å². The number of methoxy groups -OCH3 is 1. The number of hydrogen-bond acceptors (Lipinski definition) is 3. The molecule has 0 saturated carbocycles. The van der Waals surface area contributed by atoms with E-state index in [2.05, 4.69) is 4.74 Å². The summed E-state index contributed by atoms with van der Waals surface area (Å²) in [5.74, 6) is -0.808. The smallest absolute Gasteiger partial charge is 0.432 e. The number of carbonyl (C=O) groups is 1. The monoisotopic (exact) mass is 238 g/mol. The average Bonchev–Trinajstić information content (AvgIpc) is 2.57. The standard InChI is InChI=1S/C8H9F3N2O3/c1-4(7(15)16-2)13-6(14)3-5(12-13)8(9,10)11/h3-4,12H,1-2H3. The van der Waals surface area contributed by atoms with E-state index in [4.69, 9.17) is 0 Å². The van der Waals surface area contributed by atoms with Crippen LogP contribution in [0.15, 0.2) is 10.9 Å². The van der Waals surface area contributed by atoms with Gasteiger partial charge in [0, 0.05) is 6.07 Å². The molecule has 0 saturated heterocycles. The third kappa shape index (κ3) is 2.26. The summed E-state index contributed by atoms with van der Waals surface area (Å²) >= 11 is 0. The van der Waals surface area contributed by atoms with Crippen molar-refractivity contribution in [2.75, 3.05) is 7.11 Å². The Hall–Kier alpha value is -1.73. The zero-order chi connectivity index (χ0) is 12.5. The molecule has 5 nitrogen and oxygen atoms in total. The number of nitrogens with one attached hydrogen (secondary N) is 1. The van der Waals surface area contributed by atoms with Gasteiger partial charge in [-0.3, -0.25) is 9.89 Å². The summed E-state index contributed by atoms with van der Waals surface area (Å²) in [5.41, 5.74) is -2.14. The van der Waals surface area contributed by atoms with Crippen LogP contribution in [0, 0.1) is 0 Å². The first-order valence-corrected chi connectivity index (χ1v) is 4.24. The molecule has 90 valence electrons. The quantitative estimate of drug-likeness (QED) is 0.779. The van der Waals surface area contributed by atoms with Crippen molar-refractivity contribution < 1.29 is 22.7 Å². The molecule has 1 aromatic rings. The molecule has 1 heterocycles. The van der Waals surface area contributed by atoms with Crippen LogP contribution in [0.3, 0.4) is 0 Å². The molecule has 0 bridgehead atoms. The fourth-order valence-electron chi connectivity index (χ4n) is 1.12. The largest absolute Gasteiger partial charge is 0.467 e. The SMILES string of the molecule is COC(=O)C(C)n1[nH]c(C(F)(F)F)cc1=O. The molecule has 0 fully saturated rings. The van der Waals surface area contributed by atoms with Crippen LogP contribution >= 0.6 is 0 Å². The molecule has 16 heavy (non-hydrogen) atoms. The van der Waals surface area contributed by atoms with E-state index < -0.39 is 29.4 Å². The van der Waals surface area contributed by atoms with Gasteiger partial charge < -0.3 is 4.74 Å². The molecule has 1 rings (SSSR count). The topological polar surface area (TPSA) is 64.1 Å². The van der Waals surface area contributed by atoms with E-state index in [9.17, 15) is 22.8 Å². The number of rotatable bonds is 2. The molecule has 0 spiro atoms. The van der Waals surface area contributed by atoms with E-state index in [1.54, 1.807) is 0 Å². The van der Waals surface area contributed by atoms with Crippen molar-refractivity contribution in [3.63, 3.8) is 0 Å². The Morgan fingerprint density at radius 1 is 1.56 bits per heavy atom. The van der Waals surface area contributed by atoms with Crippen LogP contribution in [0.5, 0.6) is 0 Å². The molecule has 0 amide bonds. The Morgan fingerprint density at radius 2 is 2.12 bits per heavy atom. The van der Waals surface area contributed by atoms with E-state index in [-0.39, 0.29) is 0 Å². The highest BCUT2D eigenvalue weighted by atomic mass is 19.4. The van der Waals surface area contributed by atoms with Crippen LogP contribution in [0.1, 0.15) is 18.7 Å². The van der Waals surface area contributed by atoms with Crippen molar-refractivity contribution in [2.45, 2.75) is 19.1 Å². The fourth-order valence-corrected chi connectivity index (χ4v) is 1.12. The van der Waals surface area contributed by atoms with Gasteiger partial charge in [-0.25, -0.2) is 9.48 Å². The van der Waals surface area contributed by atoms with E-state index in [0.717, 1.165) is 7.11 Å². The van der Waals surface area contributed by atoms with Gasteiger partial charge in [0.15, 0.2) is 0 Å². The lowest BCUT2D eigenvalue weighted by atomic mass is 10.3. The average molecular weight is 238 g/mol. The normalized spacial score (nSPS) is 13.6. The van der Waals surface area contributed by atoms with Crippen LogP contribution < -0.4 is 5.56 Å². The van der Waals surface area contributed by atoms with Gasteiger partial charge in [-0.2, -0.15) is 13.2 Å². The highest BCUT2D eigenvalue weighted by Crippen LogP contribution is 2.26. The first-order chi connectivity index (χ1) is 7.27. The van der Waals surface area contributed by atoms with Gasteiger partial charge in [0.2, 0.25) is 0 Å². The maximum Gasteiger partial charge on any atom is 0.432 e. The van der Waals surface area contributed by atoms with Gasteiger partial charge >= 0.3 is 12.1 Å². The highest BCUT2D eigenvalue weighted by molar-refractivity contribution is 5.73. The Bertz CT molecular complexity index is 446. The number of H-pyrrole nitrogens is 1. The molecule has 1 aromatic heterocycles. The predicted molar refractivity (Wildman–Crippen MR) is 46.8 cm³/mol. The molecule has 1 unspecified atom stereocenters. The summed E-state index contributed by atoms with van der Waals surface area (Å²) in [6.07, 6.45) is -4.65. The van der Waals surface area contributed by atoms with Crippen LogP contribution in [-0.2, 0) is 15.7 Å². The molecule has 1 atom stereocenters. The van der Waals surface area contributed by atoms with E-state index in [1.165, 1.54) is 6.92 Å². The maximum absolute atomic E-state index is 12.2. The highest BCUT2D eigenvalue weighted by Gasteiger charge is 2.34. The molecule has 0 radical (unpaired) electrons. The molecule has 0 aromatic carbocycles. The van der Waals surface area contributed by atoms with Gasteiger partial charge in [-0.05, 0) is 6.92 Å². The Morgan fingerprint density at radius 3 is 2.50 bits per heavy atom. The summed E-state index contributed by atoms with van der Waals surface area (Å²) < 4.78 is 41.6. The minimum atomic E-state index is -4.65. The zero-order valence-electron chi connectivity index (χ0n) is 8.46. The number of aromatic nitrogens is 2. The van der Waals surface area contributed by atoms with Gasteiger partial charge in [-0.1, -0.05) is 0 Å². The minimum absolute atomic E-state index is 0.388. The number of halogens is 3. The Kier molecular flexibility index (Phi) is 3.11. The first-order valence-electron chi connectivity index (χ1n) is 4.24. The number of carbonyl (C=O) groups excluding carboxylic acids is 1. The van der Waals surface area contributed by atoms with Crippen molar-refractivity contribution in [3.8, 4) is 0 Å². The van der Waals surface area contributed by atoms with Crippen LogP contribution in [0.2, 0.25) is 0 Å². The molecule has 8 heteroatoms. The van der Waals surface area contributed by atoms with Crippen molar-refractivity contribution in [2.24, 2.45) is 0 Å². The van der Waals surface area contributed by atoms with Gasteiger partial charge in [0.05, 0.1) is 7.11 Å². The minimum Gasteiger partial charge on any atom is -0.467 e. The molecular weight excluding hydrogens is 229 g/mol. The van der Waals surface area contributed by atoms with Crippen molar-refractivity contribution in [1.29, 1.82) is 0 Å². The summed E-state index contributed by atoms with van der Waals surface area (Å²) in [5, 5.41) is 1.81. The number of nitrogens with zero attached hydrogens (tertiary/aromatic N) is 1. The summed E-state index contributed by atoms with van der Waals surface area (Å²) in [4.78, 5) is 22.2. The second-order valence-corrected chi connectivity index (χ2v) is 3.07. The van der Waals surface area contributed by atoms with E-state index in [1.807, 2.05) is 5.10 Å². The molecule has 0 aliphatic heterocycles. The second kappa shape index (κ2) is 4.03. The fraction of sp³-hybridized carbons (Fsp3) is 0.500. The van der Waals surface area contributed by atoms with E-state index >= 15 is 0 Å². The predicted octanol–water partition coefficient (Wildman–Crippen LogP) is 0.929. The molecule has 0 aliphatic carbocycles. The lowest BCUT2D eigenvalue weighted by Gasteiger charge is -2.10. The number of esters is 1. The third-order valence-corrected chi connectivity index (χ3v) is 1.98. The number of ether oxygens (including phenoxy) is 1. The summed E-state index contributed by atoms with van der Waals surface area (Å²) in [7, 11) is 1.08. The van der Waals surface area contributed by atoms with Gasteiger partial charge in [0.25, 0.3) is 5.56 Å².